The highest BCUT2D eigenvalue weighted by atomic mass is 35.5. The lowest BCUT2D eigenvalue weighted by Crippen LogP contribution is -2.18. The Morgan fingerprint density at radius 1 is 1.62 bits per heavy atom. The number of rotatable bonds is 4. The molecular weight excluding hydrogens is 224 g/mol. The summed E-state index contributed by atoms with van der Waals surface area (Å²) in [6.07, 6.45) is 3.76. The molecule has 1 aromatic rings. The maximum absolute atomic E-state index is 9.03. The van der Waals surface area contributed by atoms with Crippen molar-refractivity contribution in [1.82, 2.24) is 0 Å². The van der Waals surface area contributed by atoms with Gasteiger partial charge in [-0.2, -0.15) is 5.26 Å². The van der Waals surface area contributed by atoms with Crippen LogP contribution in [-0.2, 0) is 0 Å². The Morgan fingerprint density at radius 3 is 2.94 bits per heavy atom. The van der Waals surface area contributed by atoms with Gasteiger partial charge in [0.1, 0.15) is 0 Å². The van der Waals surface area contributed by atoms with Crippen molar-refractivity contribution in [2.75, 3.05) is 18.1 Å². The lowest BCUT2D eigenvalue weighted by molar-refractivity contribution is 0.341. The zero-order chi connectivity index (χ0) is 12.0. The zero-order valence-corrected chi connectivity index (χ0v) is 9.78. The van der Waals surface area contributed by atoms with Gasteiger partial charge in [0.2, 0.25) is 0 Å². The van der Waals surface area contributed by atoms with Crippen LogP contribution >= 0.6 is 11.6 Å². The molecule has 0 bridgehead atoms. The van der Waals surface area contributed by atoms with Crippen molar-refractivity contribution in [3.63, 3.8) is 0 Å². The predicted octanol–water partition coefficient (Wildman–Crippen LogP) is 2.57. The average Bonchev–Trinajstić information content (AvgIpc) is 2.26. The van der Waals surface area contributed by atoms with E-state index in [2.05, 4.69) is 6.19 Å². The standard InChI is InChI=1S/C12H13ClN2O/c1-10(5-6-16)8-15(9-14)12-4-2-3-11(13)7-12/h2-5,7,16H,6,8H2,1H3/b10-5+. The number of aliphatic hydroxyl groups excluding tert-OH is 1. The number of benzene rings is 1. The monoisotopic (exact) mass is 236 g/mol. The van der Waals surface area contributed by atoms with Gasteiger partial charge in [0.05, 0.1) is 18.8 Å². The van der Waals surface area contributed by atoms with Crippen LogP contribution in [0.15, 0.2) is 35.9 Å². The lowest BCUT2D eigenvalue weighted by Gasteiger charge is -2.16. The van der Waals surface area contributed by atoms with Gasteiger partial charge in [0, 0.05) is 5.02 Å². The summed E-state index contributed by atoms with van der Waals surface area (Å²) in [5.74, 6) is 0. The molecule has 1 aromatic carbocycles. The normalized spacial score (nSPS) is 11.0. The minimum absolute atomic E-state index is 0.0132. The highest BCUT2D eigenvalue weighted by Crippen LogP contribution is 2.19. The fourth-order valence-corrected chi connectivity index (χ4v) is 1.48. The second kappa shape index (κ2) is 6.16. The van der Waals surface area contributed by atoms with Crippen LogP contribution in [0.3, 0.4) is 0 Å². The molecule has 1 rings (SSSR count). The first-order valence-corrected chi connectivity index (χ1v) is 5.24. The van der Waals surface area contributed by atoms with Crippen molar-refractivity contribution in [3.05, 3.63) is 40.9 Å². The number of halogens is 1. The smallest absolute Gasteiger partial charge is 0.184 e. The Balaban J connectivity index is 2.84. The van der Waals surface area contributed by atoms with E-state index in [0.29, 0.717) is 11.6 Å². The highest BCUT2D eigenvalue weighted by molar-refractivity contribution is 6.30. The first-order valence-electron chi connectivity index (χ1n) is 4.86. The SMILES string of the molecule is C/C(=C\CO)CN(C#N)c1cccc(Cl)c1. The molecule has 0 unspecified atom stereocenters. The molecule has 0 saturated carbocycles. The number of aliphatic hydroxyl groups is 1. The molecule has 0 fully saturated rings. The average molecular weight is 237 g/mol. The molecule has 3 nitrogen and oxygen atoms in total. The third kappa shape index (κ3) is 3.58. The Morgan fingerprint density at radius 2 is 2.38 bits per heavy atom. The molecule has 0 saturated heterocycles. The Kier molecular flexibility index (Phi) is 4.84. The number of nitriles is 1. The number of hydrogen-bond donors (Lipinski definition) is 1. The van der Waals surface area contributed by atoms with Crippen LogP contribution in [0.1, 0.15) is 6.92 Å². The molecule has 84 valence electrons. The van der Waals surface area contributed by atoms with Gasteiger partial charge in [-0.15, -0.1) is 0 Å². The van der Waals surface area contributed by atoms with E-state index in [1.807, 2.05) is 13.0 Å². The summed E-state index contributed by atoms with van der Waals surface area (Å²) >= 11 is 5.85. The van der Waals surface area contributed by atoms with E-state index in [1.54, 1.807) is 24.3 Å². The second-order valence-electron chi connectivity index (χ2n) is 3.40. The van der Waals surface area contributed by atoms with Gasteiger partial charge in [-0.1, -0.05) is 29.3 Å². The summed E-state index contributed by atoms with van der Waals surface area (Å²) in [5.41, 5.74) is 1.68. The van der Waals surface area contributed by atoms with Crippen LogP contribution in [0.2, 0.25) is 5.02 Å². The predicted molar refractivity (Wildman–Crippen MR) is 65.3 cm³/mol. The molecule has 0 heterocycles. The maximum Gasteiger partial charge on any atom is 0.184 e. The maximum atomic E-state index is 9.03. The largest absolute Gasteiger partial charge is 0.392 e. The first-order chi connectivity index (χ1) is 7.67. The van der Waals surface area contributed by atoms with E-state index in [9.17, 15) is 0 Å². The van der Waals surface area contributed by atoms with Gasteiger partial charge in [0.15, 0.2) is 6.19 Å². The van der Waals surface area contributed by atoms with Crippen molar-refractivity contribution in [3.8, 4) is 6.19 Å². The molecule has 0 radical (unpaired) electrons. The topological polar surface area (TPSA) is 47.3 Å². The van der Waals surface area contributed by atoms with Gasteiger partial charge in [-0.25, -0.2) is 0 Å². The van der Waals surface area contributed by atoms with Crippen LogP contribution in [0.4, 0.5) is 5.69 Å². The van der Waals surface area contributed by atoms with Crippen LogP contribution in [0, 0.1) is 11.5 Å². The second-order valence-corrected chi connectivity index (χ2v) is 3.84. The Bertz CT molecular complexity index is 423. The fraction of sp³-hybridized carbons (Fsp3) is 0.250. The van der Waals surface area contributed by atoms with Crippen LogP contribution in [0.5, 0.6) is 0 Å². The van der Waals surface area contributed by atoms with E-state index in [-0.39, 0.29) is 6.61 Å². The Hall–Kier alpha value is -1.50. The fourth-order valence-electron chi connectivity index (χ4n) is 1.30. The Labute approximate surface area is 100 Å². The van der Waals surface area contributed by atoms with Gasteiger partial charge in [-0.3, -0.25) is 4.90 Å². The first kappa shape index (κ1) is 12.6. The summed E-state index contributed by atoms with van der Waals surface area (Å²) < 4.78 is 0. The molecule has 0 aliphatic rings. The summed E-state index contributed by atoms with van der Waals surface area (Å²) in [7, 11) is 0. The third-order valence-electron chi connectivity index (χ3n) is 2.09. The molecule has 0 aliphatic carbocycles. The van der Waals surface area contributed by atoms with E-state index in [1.165, 1.54) is 4.90 Å². The molecule has 0 atom stereocenters. The molecule has 0 aliphatic heterocycles. The van der Waals surface area contributed by atoms with Crippen molar-refractivity contribution >= 4 is 17.3 Å². The minimum atomic E-state index is -0.0132. The lowest BCUT2D eigenvalue weighted by atomic mass is 10.2. The van der Waals surface area contributed by atoms with Crippen LogP contribution in [0.25, 0.3) is 0 Å². The van der Waals surface area contributed by atoms with E-state index in [4.69, 9.17) is 22.0 Å². The number of anilines is 1. The quantitative estimate of drug-likeness (QED) is 0.497. The summed E-state index contributed by atoms with van der Waals surface area (Å²) in [4.78, 5) is 1.52. The molecule has 1 N–H and O–H groups in total. The molecular formula is C12H13ClN2O. The molecule has 0 spiro atoms. The molecule has 4 heteroatoms. The van der Waals surface area contributed by atoms with E-state index in [0.717, 1.165) is 11.3 Å². The third-order valence-corrected chi connectivity index (χ3v) is 2.32. The van der Waals surface area contributed by atoms with Crippen molar-refractivity contribution in [1.29, 1.82) is 5.26 Å². The summed E-state index contributed by atoms with van der Waals surface area (Å²) in [5, 5.41) is 18.4. The van der Waals surface area contributed by atoms with E-state index >= 15 is 0 Å². The molecule has 0 aromatic heterocycles. The highest BCUT2D eigenvalue weighted by Gasteiger charge is 2.06. The van der Waals surface area contributed by atoms with Crippen LogP contribution in [-0.4, -0.2) is 18.3 Å². The van der Waals surface area contributed by atoms with Crippen molar-refractivity contribution in [2.45, 2.75) is 6.92 Å². The molecule has 16 heavy (non-hydrogen) atoms. The van der Waals surface area contributed by atoms with Crippen molar-refractivity contribution < 1.29 is 5.11 Å². The number of hydrogen-bond acceptors (Lipinski definition) is 3. The van der Waals surface area contributed by atoms with Gasteiger partial charge in [-0.05, 0) is 25.1 Å². The van der Waals surface area contributed by atoms with Crippen molar-refractivity contribution in [2.24, 2.45) is 0 Å². The van der Waals surface area contributed by atoms with E-state index < -0.39 is 0 Å². The van der Waals surface area contributed by atoms with Gasteiger partial charge < -0.3 is 5.11 Å². The van der Waals surface area contributed by atoms with Crippen LogP contribution < -0.4 is 4.90 Å². The van der Waals surface area contributed by atoms with Gasteiger partial charge >= 0.3 is 0 Å². The minimum Gasteiger partial charge on any atom is -0.392 e. The molecule has 0 amide bonds. The van der Waals surface area contributed by atoms with Gasteiger partial charge in [0.25, 0.3) is 0 Å². The zero-order valence-electron chi connectivity index (χ0n) is 9.02. The summed E-state index contributed by atoms with van der Waals surface area (Å²) in [6, 6.07) is 7.11. The number of nitrogens with zero attached hydrogens (tertiary/aromatic N) is 2. The summed E-state index contributed by atoms with van der Waals surface area (Å²) in [6.45, 7) is 2.31.